The van der Waals surface area contributed by atoms with Crippen molar-refractivity contribution < 1.29 is 13.6 Å². The topological polar surface area (TPSA) is 44.5 Å². The van der Waals surface area contributed by atoms with E-state index >= 15 is 0 Å². The zero-order valence-corrected chi connectivity index (χ0v) is 22.8. The first-order valence-electron chi connectivity index (χ1n) is 12.5. The third kappa shape index (κ3) is 7.31. The summed E-state index contributed by atoms with van der Waals surface area (Å²) in [5.74, 6) is 2.24. The summed E-state index contributed by atoms with van der Waals surface area (Å²) in [7, 11) is -0.301. The Labute approximate surface area is 206 Å². The van der Waals surface area contributed by atoms with Crippen LogP contribution in [-0.2, 0) is 10.8 Å². The van der Waals surface area contributed by atoms with Crippen molar-refractivity contribution >= 4 is 8.32 Å². The number of ether oxygens (including phenoxy) is 1. The van der Waals surface area contributed by atoms with E-state index in [2.05, 4.69) is 69.2 Å². The summed E-state index contributed by atoms with van der Waals surface area (Å²) in [6.07, 6.45) is 8.50. The van der Waals surface area contributed by atoms with Crippen LogP contribution in [-0.4, -0.2) is 20.4 Å². The first-order chi connectivity index (χ1) is 16.2. The van der Waals surface area contributed by atoms with Gasteiger partial charge in [-0.05, 0) is 55.1 Å². The Morgan fingerprint density at radius 3 is 2.38 bits per heavy atom. The van der Waals surface area contributed by atoms with Gasteiger partial charge in [0.15, 0.2) is 14.1 Å². The lowest BCUT2D eigenvalue weighted by molar-refractivity contribution is 0.139. The SMILES string of the molecule is COc1cccc(-c2cnc(C(CCCCCCc3ccccc3)O[Si](C)(C)C(C)(C)C)o2)c1. The number of aryl methyl sites for hydroxylation is 1. The molecule has 0 radical (unpaired) electrons. The van der Waals surface area contributed by atoms with Crippen LogP contribution in [0.15, 0.2) is 65.2 Å². The van der Waals surface area contributed by atoms with Gasteiger partial charge >= 0.3 is 0 Å². The molecule has 0 aliphatic carbocycles. The molecular formula is C29H41NO3Si. The number of nitrogens with zero attached hydrogens (tertiary/aromatic N) is 1. The van der Waals surface area contributed by atoms with Crippen molar-refractivity contribution in [1.82, 2.24) is 4.98 Å². The molecule has 34 heavy (non-hydrogen) atoms. The summed E-state index contributed by atoms with van der Waals surface area (Å²) in [4.78, 5) is 4.66. The highest BCUT2D eigenvalue weighted by Gasteiger charge is 2.40. The van der Waals surface area contributed by atoms with Crippen LogP contribution in [0, 0.1) is 0 Å². The highest BCUT2D eigenvalue weighted by atomic mass is 28.4. The normalized spacial score (nSPS) is 13.1. The molecule has 4 nitrogen and oxygen atoms in total. The Hall–Kier alpha value is -2.37. The zero-order chi connectivity index (χ0) is 24.6. The fourth-order valence-electron chi connectivity index (χ4n) is 3.77. The molecular weight excluding hydrogens is 438 g/mol. The quantitative estimate of drug-likeness (QED) is 0.193. The molecule has 5 heteroatoms. The van der Waals surface area contributed by atoms with Crippen molar-refractivity contribution in [3.63, 3.8) is 0 Å². The molecule has 3 aromatic rings. The maximum Gasteiger partial charge on any atom is 0.222 e. The molecule has 2 aromatic carbocycles. The standard InChI is InChI=1S/C29H41NO3Si/c1-29(2,3)34(5,6)33-26(20-13-8-7-10-15-23-16-11-9-12-17-23)28-30-22-27(32-28)24-18-14-19-25(21-24)31-4/h9,11-12,14,16-19,21-22,26H,7-8,10,13,15,20H2,1-6H3. The van der Waals surface area contributed by atoms with Gasteiger partial charge in [0.25, 0.3) is 0 Å². The van der Waals surface area contributed by atoms with Gasteiger partial charge in [0.2, 0.25) is 5.89 Å². The van der Waals surface area contributed by atoms with Crippen molar-refractivity contribution in [2.45, 2.75) is 83.5 Å². The van der Waals surface area contributed by atoms with Gasteiger partial charge in [-0.1, -0.05) is 82.5 Å². The Bertz CT molecular complexity index is 1010. The van der Waals surface area contributed by atoms with Gasteiger partial charge in [-0.3, -0.25) is 0 Å². The molecule has 184 valence electrons. The number of benzene rings is 2. The Balaban J connectivity index is 1.64. The molecule has 1 atom stereocenters. The fourth-order valence-corrected chi connectivity index (χ4v) is 5.05. The maximum absolute atomic E-state index is 6.82. The van der Waals surface area contributed by atoms with Crippen LogP contribution in [0.2, 0.25) is 18.1 Å². The van der Waals surface area contributed by atoms with Gasteiger partial charge in [0.05, 0.1) is 13.3 Å². The summed E-state index contributed by atoms with van der Waals surface area (Å²) in [6, 6.07) is 18.6. The second-order valence-corrected chi connectivity index (χ2v) is 15.4. The van der Waals surface area contributed by atoms with E-state index in [-0.39, 0.29) is 11.1 Å². The molecule has 0 aliphatic heterocycles. The first kappa shape index (κ1) is 26.2. The highest BCUT2D eigenvalue weighted by molar-refractivity contribution is 6.74. The summed E-state index contributed by atoms with van der Waals surface area (Å²) in [5, 5.41) is 0.128. The maximum atomic E-state index is 6.82. The summed E-state index contributed by atoms with van der Waals surface area (Å²) >= 11 is 0. The summed E-state index contributed by atoms with van der Waals surface area (Å²) in [5.41, 5.74) is 2.39. The second kappa shape index (κ2) is 11.9. The van der Waals surface area contributed by atoms with Crippen LogP contribution in [0.25, 0.3) is 11.3 Å². The minimum Gasteiger partial charge on any atom is -0.497 e. The number of methoxy groups -OCH3 is 1. The smallest absolute Gasteiger partial charge is 0.222 e. The number of hydrogen-bond acceptors (Lipinski definition) is 4. The monoisotopic (exact) mass is 479 g/mol. The van der Waals surface area contributed by atoms with Crippen molar-refractivity contribution in [3.8, 4) is 17.1 Å². The average molecular weight is 480 g/mol. The van der Waals surface area contributed by atoms with Gasteiger partial charge in [-0.2, -0.15) is 0 Å². The average Bonchev–Trinajstić information content (AvgIpc) is 3.31. The molecule has 0 N–H and O–H groups in total. The van der Waals surface area contributed by atoms with E-state index in [9.17, 15) is 0 Å². The van der Waals surface area contributed by atoms with Crippen molar-refractivity contribution in [2.75, 3.05) is 7.11 Å². The first-order valence-corrected chi connectivity index (χ1v) is 15.4. The van der Waals surface area contributed by atoms with E-state index in [1.165, 1.54) is 24.8 Å². The van der Waals surface area contributed by atoms with Gasteiger partial charge in [0, 0.05) is 5.56 Å². The molecule has 1 aromatic heterocycles. The van der Waals surface area contributed by atoms with Crippen LogP contribution in [0.4, 0.5) is 0 Å². The van der Waals surface area contributed by atoms with E-state index in [4.69, 9.17) is 13.6 Å². The predicted molar refractivity (Wildman–Crippen MR) is 143 cm³/mol. The fraction of sp³-hybridized carbons (Fsp3) is 0.483. The Kier molecular flexibility index (Phi) is 9.14. The van der Waals surface area contributed by atoms with E-state index in [0.717, 1.165) is 36.3 Å². The molecule has 0 saturated carbocycles. The lowest BCUT2D eigenvalue weighted by Crippen LogP contribution is -2.41. The van der Waals surface area contributed by atoms with Crippen molar-refractivity contribution in [1.29, 1.82) is 0 Å². The van der Waals surface area contributed by atoms with Gasteiger partial charge in [-0.25, -0.2) is 4.98 Å². The largest absolute Gasteiger partial charge is 0.497 e. The number of unbranched alkanes of at least 4 members (excludes halogenated alkanes) is 3. The lowest BCUT2D eigenvalue weighted by Gasteiger charge is -2.38. The zero-order valence-electron chi connectivity index (χ0n) is 21.8. The molecule has 1 unspecified atom stereocenters. The number of rotatable bonds is 12. The molecule has 1 heterocycles. The van der Waals surface area contributed by atoms with E-state index < -0.39 is 8.32 Å². The minimum atomic E-state index is -1.98. The molecule has 0 amide bonds. The van der Waals surface area contributed by atoms with Crippen molar-refractivity contribution in [2.24, 2.45) is 0 Å². The van der Waals surface area contributed by atoms with Crippen LogP contribution >= 0.6 is 0 Å². The predicted octanol–water partition coefficient (Wildman–Crippen LogP) is 8.61. The molecule has 0 saturated heterocycles. The minimum absolute atomic E-state index is 0.116. The van der Waals surface area contributed by atoms with Crippen LogP contribution in [0.1, 0.15) is 70.4 Å². The number of hydrogen-bond donors (Lipinski definition) is 0. The third-order valence-corrected chi connectivity index (χ3v) is 11.4. The third-order valence-electron chi connectivity index (χ3n) is 6.92. The van der Waals surface area contributed by atoms with Gasteiger partial charge in [0.1, 0.15) is 11.9 Å². The van der Waals surface area contributed by atoms with Crippen LogP contribution < -0.4 is 4.74 Å². The van der Waals surface area contributed by atoms with E-state index in [1.54, 1.807) is 7.11 Å². The van der Waals surface area contributed by atoms with Crippen LogP contribution in [0.3, 0.4) is 0 Å². The van der Waals surface area contributed by atoms with Crippen LogP contribution in [0.5, 0.6) is 5.75 Å². The Morgan fingerprint density at radius 1 is 0.941 bits per heavy atom. The van der Waals surface area contributed by atoms with Gasteiger partial charge in [-0.15, -0.1) is 0 Å². The molecule has 0 spiro atoms. The molecule has 0 bridgehead atoms. The van der Waals surface area contributed by atoms with Crippen molar-refractivity contribution in [3.05, 3.63) is 72.2 Å². The summed E-state index contributed by atoms with van der Waals surface area (Å²) in [6.45, 7) is 11.4. The van der Waals surface area contributed by atoms with E-state index in [1.807, 2.05) is 30.5 Å². The molecule has 0 fully saturated rings. The lowest BCUT2D eigenvalue weighted by atomic mass is 10.0. The van der Waals surface area contributed by atoms with Gasteiger partial charge < -0.3 is 13.6 Å². The number of oxazole rings is 1. The summed E-state index contributed by atoms with van der Waals surface area (Å²) < 4.78 is 18.4. The number of aromatic nitrogens is 1. The molecule has 0 aliphatic rings. The highest BCUT2D eigenvalue weighted by Crippen LogP contribution is 2.41. The van der Waals surface area contributed by atoms with E-state index in [0.29, 0.717) is 5.89 Å². The Morgan fingerprint density at radius 2 is 1.68 bits per heavy atom. The second-order valence-electron chi connectivity index (χ2n) is 10.6. The molecule has 3 rings (SSSR count).